The van der Waals surface area contributed by atoms with Crippen LogP contribution in [0.2, 0.25) is 0 Å². The molecule has 0 unspecified atom stereocenters. The quantitative estimate of drug-likeness (QED) is 0.536. The first-order valence-electron chi connectivity index (χ1n) is 4.53. The van der Waals surface area contributed by atoms with E-state index in [2.05, 4.69) is 5.32 Å². The predicted molar refractivity (Wildman–Crippen MR) is 60.6 cm³/mol. The molecule has 0 aliphatic carbocycles. The van der Waals surface area contributed by atoms with Gasteiger partial charge in [-0.2, -0.15) is 0 Å². The van der Waals surface area contributed by atoms with Crippen molar-refractivity contribution in [2.45, 2.75) is 6.92 Å². The Labute approximate surface area is 91.7 Å². The third kappa shape index (κ3) is 1.66. The zero-order valence-corrected chi connectivity index (χ0v) is 9.39. The van der Waals surface area contributed by atoms with Crippen molar-refractivity contribution >= 4 is 29.3 Å². The van der Waals surface area contributed by atoms with Crippen molar-refractivity contribution in [1.82, 2.24) is 5.32 Å². The number of nitrogens with two attached hydrogens (primary N) is 1. The lowest BCUT2D eigenvalue weighted by Gasteiger charge is -1.95. The van der Waals surface area contributed by atoms with Gasteiger partial charge < -0.3 is 0 Å². The van der Waals surface area contributed by atoms with Crippen molar-refractivity contribution < 1.29 is 9.37 Å². The van der Waals surface area contributed by atoms with E-state index in [-0.39, 0.29) is 5.91 Å². The van der Waals surface area contributed by atoms with Crippen LogP contribution in [0.15, 0.2) is 17.1 Å². The van der Waals surface area contributed by atoms with Crippen LogP contribution >= 0.6 is 11.3 Å². The van der Waals surface area contributed by atoms with Crippen LogP contribution in [0.25, 0.3) is 6.08 Å². The number of nitrogens with zero attached hydrogens (tertiary/aromatic N) is 1. The van der Waals surface area contributed by atoms with Crippen LogP contribution in [0.1, 0.15) is 10.4 Å². The molecule has 1 aliphatic rings. The number of carbonyl (C=O) groups excluding carboxylic acids is 1. The van der Waals surface area contributed by atoms with E-state index in [0.29, 0.717) is 11.7 Å². The summed E-state index contributed by atoms with van der Waals surface area (Å²) in [5.74, 6) is 0.225. The van der Waals surface area contributed by atoms with E-state index in [4.69, 9.17) is 5.73 Å². The van der Waals surface area contributed by atoms with E-state index in [1.165, 1.54) is 5.56 Å². The SMILES string of the molecule is Cc1ccsc1C=C1C(=O)NC(N)=[N+]1C. The standard InChI is InChI=1S/C10H11N3OS/c1-6-3-4-15-8(6)5-7-9(14)12-10(11)13(7)2/h3-5H,1-2H3,(H2,11,12,14)/p+1. The molecule has 0 saturated carbocycles. The summed E-state index contributed by atoms with van der Waals surface area (Å²) in [6, 6.07) is 2.02. The number of hydrogen-bond acceptors (Lipinski definition) is 3. The highest BCUT2D eigenvalue weighted by molar-refractivity contribution is 7.11. The topological polar surface area (TPSA) is 58.1 Å². The van der Waals surface area contributed by atoms with Gasteiger partial charge in [0.1, 0.15) is 0 Å². The molecule has 2 heterocycles. The summed E-state index contributed by atoms with van der Waals surface area (Å²) < 4.78 is 1.65. The van der Waals surface area contributed by atoms with E-state index in [1.807, 2.05) is 24.4 Å². The highest BCUT2D eigenvalue weighted by Crippen LogP contribution is 2.20. The molecule has 1 amide bonds. The molecular weight excluding hydrogens is 210 g/mol. The van der Waals surface area contributed by atoms with Gasteiger partial charge in [-0.25, -0.2) is 14.7 Å². The number of amides is 1. The molecule has 1 aliphatic heterocycles. The Morgan fingerprint density at radius 2 is 2.33 bits per heavy atom. The number of nitrogens with one attached hydrogen (secondary N) is 1. The molecule has 0 bridgehead atoms. The van der Waals surface area contributed by atoms with E-state index < -0.39 is 0 Å². The summed E-state index contributed by atoms with van der Waals surface area (Å²) in [6.07, 6.45) is 1.86. The average Bonchev–Trinajstić information content (AvgIpc) is 2.67. The van der Waals surface area contributed by atoms with Crippen LogP contribution in [0.3, 0.4) is 0 Å². The lowest BCUT2D eigenvalue weighted by atomic mass is 10.2. The Morgan fingerprint density at radius 3 is 2.80 bits per heavy atom. The Bertz CT molecular complexity index is 485. The first-order chi connectivity index (χ1) is 7.09. The molecule has 4 nitrogen and oxygen atoms in total. The van der Waals surface area contributed by atoms with E-state index in [1.54, 1.807) is 23.0 Å². The highest BCUT2D eigenvalue weighted by atomic mass is 32.1. The van der Waals surface area contributed by atoms with Gasteiger partial charge in [0, 0.05) is 11.0 Å². The molecule has 0 spiro atoms. The van der Waals surface area contributed by atoms with E-state index in [0.717, 1.165) is 4.88 Å². The van der Waals surface area contributed by atoms with E-state index in [9.17, 15) is 4.79 Å². The lowest BCUT2D eigenvalue weighted by molar-refractivity contribution is -0.432. The van der Waals surface area contributed by atoms with Crippen LogP contribution < -0.4 is 11.1 Å². The molecule has 0 atom stereocenters. The molecule has 1 aromatic heterocycles. The van der Waals surface area contributed by atoms with Gasteiger partial charge in [0.15, 0.2) is 5.70 Å². The van der Waals surface area contributed by atoms with Gasteiger partial charge in [-0.05, 0) is 23.9 Å². The number of rotatable bonds is 1. The maximum Gasteiger partial charge on any atom is 0.356 e. The van der Waals surface area contributed by atoms with Crippen LogP contribution in [0, 0.1) is 6.92 Å². The van der Waals surface area contributed by atoms with Gasteiger partial charge in [0.2, 0.25) is 0 Å². The first-order valence-corrected chi connectivity index (χ1v) is 5.41. The smallest absolute Gasteiger partial charge is 0.290 e. The van der Waals surface area contributed by atoms with Crippen LogP contribution in [-0.2, 0) is 4.79 Å². The summed E-state index contributed by atoms with van der Waals surface area (Å²) in [6.45, 7) is 2.02. The molecule has 0 saturated heterocycles. The number of likely N-dealkylation sites (N-methyl/N-ethyl adjacent to an activating group) is 1. The summed E-state index contributed by atoms with van der Waals surface area (Å²) in [7, 11) is 1.77. The largest absolute Gasteiger partial charge is 0.356 e. The predicted octanol–water partition coefficient (Wildman–Crippen LogP) is 0.484. The summed E-state index contributed by atoms with van der Waals surface area (Å²) in [5.41, 5.74) is 7.35. The van der Waals surface area contributed by atoms with Crippen LogP contribution in [0.4, 0.5) is 0 Å². The Morgan fingerprint density at radius 1 is 1.60 bits per heavy atom. The number of carbonyl (C=O) groups is 1. The number of thiophene rings is 1. The van der Waals surface area contributed by atoms with Gasteiger partial charge in [-0.3, -0.25) is 5.73 Å². The second-order valence-electron chi connectivity index (χ2n) is 3.40. The fraction of sp³-hybridized carbons (Fsp3) is 0.200. The molecule has 78 valence electrons. The highest BCUT2D eigenvalue weighted by Gasteiger charge is 2.29. The monoisotopic (exact) mass is 222 g/mol. The number of hydrogen-bond donors (Lipinski definition) is 2. The summed E-state index contributed by atoms with van der Waals surface area (Å²) in [4.78, 5) is 12.6. The fourth-order valence-corrected chi connectivity index (χ4v) is 2.22. The molecule has 1 aromatic rings. The van der Waals surface area contributed by atoms with Gasteiger partial charge in [-0.15, -0.1) is 11.3 Å². The molecule has 2 rings (SSSR count). The normalized spacial score (nSPS) is 18.8. The third-order valence-corrected chi connectivity index (χ3v) is 3.33. The molecule has 15 heavy (non-hydrogen) atoms. The minimum absolute atomic E-state index is 0.150. The summed E-state index contributed by atoms with van der Waals surface area (Å²) >= 11 is 1.61. The van der Waals surface area contributed by atoms with E-state index >= 15 is 0 Å². The van der Waals surface area contributed by atoms with Gasteiger partial charge >= 0.3 is 11.9 Å². The van der Waals surface area contributed by atoms with Crippen molar-refractivity contribution in [1.29, 1.82) is 0 Å². The van der Waals surface area contributed by atoms with Crippen molar-refractivity contribution in [2.24, 2.45) is 5.73 Å². The van der Waals surface area contributed by atoms with Crippen molar-refractivity contribution in [3.05, 3.63) is 27.6 Å². The maximum absolute atomic E-state index is 11.5. The number of aryl methyl sites for hydroxylation is 1. The third-order valence-electron chi connectivity index (χ3n) is 2.37. The zero-order valence-electron chi connectivity index (χ0n) is 8.57. The van der Waals surface area contributed by atoms with Gasteiger partial charge in [-0.1, -0.05) is 0 Å². The summed E-state index contributed by atoms with van der Waals surface area (Å²) in [5, 5.41) is 4.57. The molecule has 5 heteroatoms. The lowest BCUT2D eigenvalue weighted by Crippen LogP contribution is -2.32. The van der Waals surface area contributed by atoms with Crippen molar-refractivity contribution in [2.75, 3.05) is 7.05 Å². The van der Waals surface area contributed by atoms with Crippen LogP contribution in [0.5, 0.6) is 0 Å². The Balaban J connectivity index is 2.44. The minimum Gasteiger partial charge on any atom is -0.290 e. The first kappa shape index (κ1) is 9.92. The molecule has 0 radical (unpaired) electrons. The average molecular weight is 222 g/mol. The maximum atomic E-state index is 11.5. The van der Waals surface area contributed by atoms with Gasteiger partial charge in [0.05, 0.1) is 7.05 Å². The van der Waals surface area contributed by atoms with Gasteiger partial charge in [0.25, 0.3) is 0 Å². The second kappa shape index (κ2) is 3.51. The molecular formula is C10H12N3OS+. The Hall–Kier alpha value is -1.62. The minimum atomic E-state index is -0.150. The second-order valence-corrected chi connectivity index (χ2v) is 4.34. The Kier molecular flexibility index (Phi) is 2.32. The molecule has 3 N–H and O–H groups in total. The fourth-order valence-electron chi connectivity index (χ4n) is 1.37. The van der Waals surface area contributed by atoms with Crippen molar-refractivity contribution in [3.8, 4) is 0 Å². The van der Waals surface area contributed by atoms with Crippen LogP contribution in [-0.4, -0.2) is 23.5 Å². The van der Waals surface area contributed by atoms with Crippen molar-refractivity contribution in [3.63, 3.8) is 0 Å². The molecule has 0 aromatic carbocycles. The zero-order chi connectivity index (χ0) is 11.0. The number of guanidine groups is 1. The molecule has 0 fully saturated rings.